The summed E-state index contributed by atoms with van der Waals surface area (Å²) in [6.07, 6.45) is 0. The van der Waals surface area contributed by atoms with Crippen molar-refractivity contribution in [3.05, 3.63) is 28.2 Å². The topological polar surface area (TPSA) is 40.5 Å². The van der Waals surface area contributed by atoms with Gasteiger partial charge in [0.15, 0.2) is 0 Å². The van der Waals surface area contributed by atoms with Gasteiger partial charge in [-0.25, -0.2) is 0 Å². The quantitative estimate of drug-likeness (QED) is 0.767. The molecular weight excluding hydrogens is 231 g/mol. The van der Waals surface area contributed by atoms with Crippen LogP contribution >= 0.6 is 15.9 Å². The molecule has 0 bridgehead atoms. The van der Waals surface area contributed by atoms with Gasteiger partial charge in [-0.1, -0.05) is 41.9 Å². The summed E-state index contributed by atoms with van der Waals surface area (Å²) in [4.78, 5) is 0. The zero-order chi connectivity index (χ0) is 10.0. The summed E-state index contributed by atoms with van der Waals surface area (Å²) in [7, 11) is -1.38. The molecular formula is C9H12BBrO2. The highest BCUT2D eigenvalue weighted by atomic mass is 79.9. The van der Waals surface area contributed by atoms with Crippen LogP contribution in [0.2, 0.25) is 0 Å². The lowest BCUT2D eigenvalue weighted by molar-refractivity contribution is 0.425. The summed E-state index contributed by atoms with van der Waals surface area (Å²) < 4.78 is 1.01. The third kappa shape index (κ3) is 2.56. The van der Waals surface area contributed by atoms with Crippen molar-refractivity contribution in [1.82, 2.24) is 0 Å². The van der Waals surface area contributed by atoms with Crippen LogP contribution in [-0.4, -0.2) is 17.2 Å². The molecule has 0 aliphatic heterocycles. The molecule has 0 heterocycles. The molecule has 2 N–H and O–H groups in total. The van der Waals surface area contributed by atoms with Gasteiger partial charge in [0.25, 0.3) is 0 Å². The second-order valence-electron chi connectivity index (χ2n) is 3.31. The first-order valence-electron chi connectivity index (χ1n) is 4.18. The lowest BCUT2D eigenvalue weighted by Crippen LogP contribution is -2.30. The molecule has 0 spiro atoms. The summed E-state index contributed by atoms with van der Waals surface area (Å²) in [5.74, 6) is 0.369. The molecule has 13 heavy (non-hydrogen) atoms. The fourth-order valence-electron chi connectivity index (χ4n) is 1.17. The summed E-state index contributed by atoms with van der Waals surface area (Å²) in [6.45, 7) is 4.13. The summed E-state index contributed by atoms with van der Waals surface area (Å²) in [5, 5.41) is 17.9. The van der Waals surface area contributed by atoms with E-state index in [1.807, 2.05) is 6.07 Å². The van der Waals surface area contributed by atoms with Crippen LogP contribution in [0.15, 0.2) is 22.7 Å². The Balaban J connectivity index is 3.11. The van der Waals surface area contributed by atoms with Gasteiger partial charge in [-0.3, -0.25) is 0 Å². The van der Waals surface area contributed by atoms with Crippen molar-refractivity contribution in [3.63, 3.8) is 0 Å². The van der Waals surface area contributed by atoms with E-state index in [1.165, 1.54) is 0 Å². The van der Waals surface area contributed by atoms with Crippen molar-refractivity contribution in [2.24, 2.45) is 0 Å². The molecule has 0 aromatic heterocycles. The van der Waals surface area contributed by atoms with E-state index in [0.29, 0.717) is 11.4 Å². The molecule has 0 saturated carbocycles. The molecule has 1 aromatic carbocycles. The van der Waals surface area contributed by atoms with Crippen molar-refractivity contribution in [1.29, 1.82) is 0 Å². The van der Waals surface area contributed by atoms with Gasteiger partial charge in [-0.15, -0.1) is 0 Å². The average Bonchev–Trinajstić information content (AvgIpc) is 2.04. The minimum absolute atomic E-state index is 0.369. The van der Waals surface area contributed by atoms with Crippen molar-refractivity contribution in [3.8, 4) is 0 Å². The van der Waals surface area contributed by atoms with Crippen molar-refractivity contribution < 1.29 is 10.0 Å². The normalized spacial score (nSPS) is 10.6. The smallest absolute Gasteiger partial charge is 0.423 e. The van der Waals surface area contributed by atoms with E-state index in [1.54, 1.807) is 12.1 Å². The highest BCUT2D eigenvalue weighted by Crippen LogP contribution is 2.22. The Labute approximate surface area is 86.9 Å². The fourth-order valence-corrected chi connectivity index (χ4v) is 1.87. The summed E-state index contributed by atoms with van der Waals surface area (Å²) in [6, 6.07) is 5.34. The molecule has 0 aliphatic carbocycles. The Hall–Kier alpha value is -0.315. The molecule has 0 unspecified atom stereocenters. The van der Waals surface area contributed by atoms with Gasteiger partial charge in [0, 0.05) is 4.47 Å². The van der Waals surface area contributed by atoms with Gasteiger partial charge in [0.05, 0.1) is 0 Å². The molecule has 1 aromatic rings. The first kappa shape index (κ1) is 10.8. The largest absolute Gasteiger partial charge is 0.488 e. The van der Waals surface area contributed by atoms with E-state index >= 15 is 0 Å². The van der Waals surface area contributed by atoms with Crippen molar-refractivity contribution in [2.45, 2.75) is 19.8 Å². The predicted molar refractivity (Wildman–Crippen MR) is 58.1 cm³/mol. The van der Waals surface area contributed by atoms with Gasteiger partial charge in [0.1, 0.15) is 0 Å². The molecule has 0 atom stereocenters. The van der Waals surface area contributed by atoms with E-state index in [0.717, 1.165) is 10.0 Å². The van der Waals surface area contributed by atoms with Crippen molar-refractivity contribution in [2.75, 3.05) is 0 Å². The highest BCUT2D eigenvalue weighted by Gasteiger charge is 2.13. The predicted octanol–water partition coefficient (Wildman–Crippen LogP) is 1.25. The summed E-state index contributed by atoms with van der Waals surface area (Å²) >= 11 is 3.42. The van der Waals surface area contributed by atoms with Crippen LogP contribution in [0.1, 0.15) is 25.3 Å². The maximum atomic E-state index is 8.96. The Morgan fingerprint density at radius 3 is 2.38 bits per heavy atom. The van der Waals surface area contributed by atoms with Crippen molar-refractivity contribution >= 4 is 28.5 Å². The zero-order valence-corrected chi connectivity index (χ0v) is 9.25. The SMILES string of the molecule is CC(C)c1cc(B(O)O)ccc1Br. The van der Waals surface area contributed by atoms with Crippen LogP contribution in [0.4, 0.5) is 0 Å². The van der Waals surface area contributed by atoms with E-state index in [4.69, 9.17) is 10.0 Å². The molecule has 1 rings (SSSR count). The molecule has 2 nitrogen and oxygen atoms in total. The number of rotatable bonds is 2. The lowest BCUT2D eigenvalue weighted by atomic mass is 9.79. The Morgan fingerprint density at radius 1 is 1.31 bits per heavy atom. The van der Waals surface area contributed by atoms with Crippen LogP contribution < -0.4 is 5.46 Å². The Kier molecular flexibility index (Phi) is 3.53. The Bertz CT molecular complexity index is 300. The summed E-state index contributed by atoms with van der Waals surface area (Å²) in [5.41, 5.74) is 1.62. The third-order valence-corrected chi connectivity index (χ3v) is 2.66. The second-order valence-corrected chi connectivity index (χ2v) is 4.16. The van der Waals surface area contributed by atoms with Gasteiger partial charge in [-0.05, 0) is 23.0 Å². The zero-order valence-electron chi connectivity index (χ0n) is 7.66. The monoisotopic (exact) mass is 242 g/mol. The minimum Gasteiger partial charge on any atom is -0.423 e. The van der Waals surface area contributed by atoms with Gasteiger partial charge in [0.2, 0.25) is 0 Å². The molecule has 0 saturated heterocycles. The van der Waals surface area contributed by atoms with E-state index in [-0.39, 0.29) is 0 Å². The number of halogens is 1. The minimum atomic E-state index is -1.38. The highest BCUT2D eigenvalue weighted by molar-refractivity contribution is 9.10. The third-order valence-electron chi connectivity index (χ3n) is 1.94. The molecule has 4 heteroatoms. The maximum absolute atomic E-state index is 8.96. The number of hydrogen-bond donors (Lipinski definition) is 2. The van der Waals surface area contributed by atoms with E-state index in [2.05, 4.69) is 29.8 Å². The first-order chi connectivity index (χ1) is 6.02. The number of benzene rings is 1. The van der Waals surface area contributed by atoms with Crippen LogP contribution in [0, 0.1) is 0 Å². The molecule has 0 amide bonds. The van der Waals surface area contributed by atoms with Crippen LogP contribution in [0.5, 0.6) is 0 Å². The average molecular weight is 243 g/mol. The van der Waals surface area contributed by atoms with Gasteiger partial charge in [-0.2, -0.15) is 0 Å². The van der Waals surface area contributed by atoms with Gasteiger partial charge >= 0.3 is 7.12 Å². The van der Waals surface area contributed by atoms with Gasteiger partial charge < -0.3 is 10.0 Å². The molecule has 70 valence electrons. The molecule has 0 fully saturated rings. The Morgan fingerprint density at radius 2 is 1.92 bits per heavy atom. The standard InChI is InChI=1S/C9H12BBrO2/c1-6(2)8-5-7(10(12)13)3-4-9(8)11/h3-6,12-13H,1-2H3. The second kappa shape index (κ2) is 4.27. The van der Waals surface area contributed by atoms with Crippen LogP contribution in [0.3, 0.4) is 0 Å². The maximum Gasteiger partial charge on any atom is 0.488 e. The molecule has 0 aliphatic rings. The number of hydrogen-bond acceptors (Lipinski definition) is 2. The van der Waals surface area contributed by atoms with E-state index < -0.39 is 7.12 Å². The van der Waals surface area contributed by atoms with E-state index in [9.17, 15) is 0 Å². The lowest BCUT2D eigenvalue weighted by Gasteiger charge is -2.10. The fraction of sp³-hybridized carbons (Fsp3) is 0.333. The van der Waals surface area contributed by atoms with Crippen LogP contribution in [-0.2, 0) is 0 Å². The van der Waals surface area contributed by atoms with Crippen LogP contribution in [0.25, 0.3) is 0 Å². The first-order valence-corrected chi connectivity index (χ1v) is 4.97. The molecule has 0 radical (unpaired) electrons.